The van der Waals surface area contributed by atoms with E-state index in [0.29, 0.717) is 0 Å². The number of nitrogens with zero attached hydrogens (tertiary/aromatic N) is 5. The molecule has 0 saturated carbocycles. The van der Waals surface area contributed by atoms with Crippen molar-refractivity contribution in [3.8, 4) is 11.3 Å². The Morgan fingerprint density at radius 2 is 1.87 bits per heavy atom. The molecule has 0 atom stereocenters. The van der Waals surface area contributed by atoms with Crippen LogP contribution in [-0.4, -0.2) is 30.4 Å². The molecule has 0 aromatic carbocycles. The molecule has 0 aliphatic carbocycles. The van der Waals surface area contributed by atoms with Crippen LogP contribution in [0.25, 0.3) is 27.8 Å². The summed E-state index contributed by atoms with van der Waals surface area (Å²) in [7, 11) is 2.00. The molecule has 23 heavy (non-hydrogen) atoms. The quantitative estimate of drug-likeness (QED) is 0.522. The maximum absolute atomic E-state index is 4.55. The van der Waals surface area contributed by atoms with Crippen molar-refractivity contribution in [2.24, 2.45) is 7.05 Å². The standard InChI is InChI=1S/C15H13N5S.C2H6/c1-19-6-5-10-7-11(8-16-14(10)19)13-4-3-12-9-17-15(21-2)18-20(12)13;1-2/h3-9H,1-2H3;1-2H3. The maximum atomic E-state index is 4.55. The fourth-order valence-corrected chi connectivity index (χ4v) is 2.81. The van der Waals surface area contributed by atoms with Gasteiger partial charge in [0, 0.05) is 30.4 Å². The van der Waals surface area contributed by atoms with Crippen molar-refractivity contribution in [2.75, 3.05) is 6.26 Å². The normalized spacial score (nSPS) is 10.8. The van der Waals surface area contributed by atoms with E-state index >= 15 is 0 Å². The monoisotopic (exact) mass is 325 g/mol. The van der Waals surface area contributed by atoms with Crippen LogP contribution < -0.4 is 0 Å². The van der Waals surface area contributed by atoms with E-state index in [9.17, 15) is 0 Å². The maximum Gasteiger partial charge on any atom is 0.207 e. The predicted molar refractivity (Wildman–Crippen MR) is 95.8 cm³/mol. The predicted octanol–water partition coefficient (Wildman–Crippen LogP) is 4.03. The van der Waals surface area contributed by atoms with Gasteiger partial charge in [0.1, 0.15) is 5.65 Å². The van der Waals surface area contributed by atoms with Crippen molar-refractivity contribution in [1.29, 1.82) is 0 Å². The number of hydrogen-bond acceptors (Lipinski definition) is 4. The van der Waals surface area contributed by atoms with Crippen molar-refractivity contribution < 1.29 is 0 Å². The highest BCUT2D eigenvalue weighted by atomic mass is 32.2. The molecule has 0 bridgehead atoms. The Bertz CT molecular complexity index is 954. The molecule has 0 fully saturated rings. The second-order valence-electron chi connectivity index (χ2n) is 4.86. The van der Waals surface area contributed by atoms with Gasteiger partial charge in [0.25, 0.3) is 0 Å². The zero-order chi connectivity index (χ0) is 16.4. The Hall–Kier alpha value is -2.34. The fourth-order valence-electron chi connectivity index (χ4n) is 2.49. The van der Waals surface area contributed by atoms with Crippen molar-refractivity contribution in [3.63, 3.8) is 0 Å². The van der Waals surface area contributed by atoms with Crippen LogP contribution in [0, 0.1) is 0 Å². The van der Waals surface area contributed by atoms with Crippen LogP contribution >= 0.6 is 11.8 Å². The van der Waals surface area contributed by atoms with Crippen LogP contribution in [0.2, 0.25) is 0 Å². The van der Waals surface area contributed by atoms with Gasteiger partial charge in [-0.15, -0.1) is 5.10 Å². The van der Waals surface area contributed by atoms with E-state index in [0.717, 1.165) is 33.0 Å². The Kier molecular flexibility index (Phi) is 4.34. The zero-order valence-electron chi connectivity index (χ0n) is 13.7. The van der Waals surface area contributed by atoms with Gasteiger partial charge in [0.05, 0.1) is 17.4 Å². The van der Waals surface area contributed by atoms with Crippen molar-refractivity contribution in [2.45, 2.75) is 19.0 Å². The summed E-state index contributed by atoms with van der Waals surface area (Å²) in [5.41, 5.74) is 4.05. The molecule has 0 aliphatic rings. The number of hydrogen-bond donors (Lipinski definition) is 0. The summed E-state index contributed by atoms with van der Waals surface area (Å²) in [6.45, 7) is 4.00. The van der Waals surface area contributed by atoms with Crippen LogP contribution in [0.15, 0.2) is 48.0 Å². The van der Waals surface area contributed by atoms with E-state index in [1.54, 1.807) is 0 Å². The third kappa shape index (κ3) is 2.70. The molecule has 0 spiro atoms. The number of thioether (sulfide) groups is 1. The fraction of sp³-hybridized carbons (Fsp3) is 0.235. The van der Waals surface area contributed by atoms with Gasteiger partial charge >= 0.3 is 0 Å². The van der Waals surface area contributed by atoms with Gasteiger partial charge in [-0.25, -0.2) is 14.5 Å². The molecule has 4 aromatic rings. The highest BCUT2D eigenvalue weighted by molar-refractivity contribution is 7.98. The summed E-state index contributed by atoms with van der Waals surface area (Å²) in [5, 5.41) is 6.44. The SMILES string of the molecule is CC.CSc1ncc2ccc(-c3cnc4c(ccn4C)c3)n2n1. The number of aryl methyl sites for hydroxylation is 1. The highest BCUT2D eigenvalue weighted by Gasteiger charge is 2.09. The summed E-state index contributed by atoms with van der Waals surface area (Å²) in [6, 6.07) is 8.30. The van der Waals surface area contributed by atoms with Gasteiger partial charge < -0.3 is 4.57 Å². The minimum atomic E-state index is 0.758. The summed E-state index contributed by atoms with van der Waals surface area (Å²) >= 11 is 1.53. The molecule has 4 heterocycles. The Balaban J connectivity index is 0.000000753. The van der Waals surface area contributed by atoms with E-state index in [4.69, 9.17) is 0 Å². The summed E-state index contributed by atoms with van der Waals surface area (Å²) in [5.74, 6) is 0. The van der Waals surface area contributed by atoms with E-state index in [-0.39, 0.29) is 0 Å². The van der Waals surface area contributed by atoms with E-state index < -0.39 is 0 Å². The van der Waals surface area contributed by atoms with Crippen molar-refractivity contribution >= 4 is 28.3 Å². The van der Waals surface area contributed by atoms with Crippen molar-refractivity contribution in [3.05, 3.63) is 42.9 Å². The summed E-state index contributed by atoms with van der Waals surface area (Å²) < 4.78 is 3.94. The molecule has 0 saturated heterocycles. The number of rotatable bonds is 2. The third-order valence-corrected chi connectivity index (χ3v) is 4.11. The minimum absolute atomic E-state index is 0.758. The molecule has 0 radical (unpaired) electrons. The van der Waals surface area contributed by atoms with Gasteiger partial charge in [-0.1, -0.05) is 25.6 Å². The molecule has 0 N–H and O–H groups in total. The highest BCUT2D eigenvalue weighted by Crippen LogP contribution is 2.25. The molecule has 118 valence electrons. The Morgan fingerprint density at radius 3 is 2.65 bits per heavy atom. The molecule has 0 aliphatic heterocycles. The molecule has 0 unspecified atom stereocenters. The second-order valence-corrected chi connectivity index (χ2v) is 5.64. The summed E-state index contributed by atoms with van der Waals surface area (Å²) in [6.07, 6.45) is 7.73. The lowest BCUT2D eigenvalue weighted by molar-refractivity contribution is 0.803. The molecular formula is C17H19N5S. The average molecular weight is 325 g/mol. The van der Waals surface area contributed by atoms with Gasteiger partial charge in [0.15, 0.2) is 0 Å². The van der Waals surface area contributed by atoms with E-state index in [2.05, 4.69) is 33.3 Å². The van der Waals surface area contributed by atoms with Crippen LogP contribution in [-0.2, 0) is 7.05 Å². The number of pyridine rings is 1. The first kappa shape index (κ1) is 15.6. The first-order valence-corrected chi connectivity index (χ1v) is 8.79. The van der Waals surface area contributed by atoms with E-state index in [1.807, 2.05) is 60.9 Å². The number of fused-ring (bicyclic) bond motifs is 2. The molecular weight excluding hydrogens is 306 g/mol. The minimum Gasteiger partial charge on any atom is -0.336 e. The van der Waals surface area contributed by atoms with Gasteiger partial charge in [-0.2, -0.15) is 0 Å². The van der Waals surface area contributed by atoms with Gasteiger partial charge in [0.2, 0.25) is 5.16 Å². The zero-order valence-corrected chi connectivity index (χ0v) is 14.5. The molecule has 4 aromatic heterocycles. The van der Waals surface area contributed by atoms with Crippen molar-refractivity contribution in [1.82, 2.24) is 24.1 Å². The largest absolute Gasteiger partial charge is 0.336 e. The van der Waals surface area contributed by atoms with Crippen LogP contribution in [0.4, 0.5) is 0 Å². The van der Waals surface area contributed by atoms with Gasteiger partial charge in [-0.05, 0) is 30.5 Å². The van der Waals surface area contributed by atoms with E-state index in [1.165, 1.54) is 11.8 Å². The third-order valence-electron chi connectivity index (χ3n) is 3.56. The first-order valence-electron chi connectivity index (χ1n) is 7.56. The Morgan fingerprint density at radius 1 is 1.04 bits per heavy atom. The molecule has 0 amide bonds. The Labute approximate surface area is 139 Å². The lowest BCUT2D eigenvalue weighted by Gasteiger charge is -2.04. The first-order chi connectivity index (χ1) is 11.3. The molecule has 6 heteroatoms. The van der Waals surface area contributed by atoms with Gasteiger partial charge in [-0.3, -0.25) is 0 Å². The average Bonchev–Trinajstić information content (AvgIpc) is 3.19. The topological polar surface area (TPSA) is 48.0 Å². The summed E-state index contributed by atoms with van der Waals surface area (Å²) in [4.78, 5) is 8.84. The lowest BCUT2D eigenvalue weighted by atomic mass is 10.2. The molecule has 5 nitrogen and oxygen atoms in total. The van der Waals surface area contributed by atoms with Crippen LogP contribution in [0.3, 0.4) is 0 Å². The second kappa shape index (κ2) is 6.42. The van der Waals surface area contributed by atoms with Crippen LogP contribution in [0.5, 0.6) is 0 Å². The smallest absolute Gasteiger partial charge is 0.207 e. The van der Waals surface area contributed by atoms with Crippen LogP contribution in [0.1, 0.15) is 13.8 Å². The number of aromatic nitrogens is 5. The lowest BCUT2D eigenvalue weighted by Crippen LogP contribution is -1.98. The molecule has 4 rings (SSSR count).